The number of hydrogen-bond acceptors (Lipinski definition) is 5. The summed E-state index contributed by atoms with van der Waals surface area (Å²) in [6.07, 6.45) is 5.15. The van der Waals surface area contributed by atoms with Crippen molar-refractivity contribution in [3.8, 4) is 0 Å². The Morgan fingerprint density at radius 2 is 2.04 bits per heavy atom. The molecule has 2 bridgehead atoms. The number of rotatable bonds is 6. The van der Waals surface area contributed by atoms with E-state index in [1.165, 1.54) is 25.7 Å². The van der Waals surface area contributed by atoms with Gasteiger partial charge in [0, 0.05) is 12.0 Å². The molecule has 2 aliphatic rings. The lowest BCUT2D eigenvalue weighted by Gasteiger charge is -2.28. The normalized spacial score (nSPS) is 26.0. The third-order valence-electron chi connectivity index (χ3n) is 5.78. The molecule has 4 atom stereocenters. The standard InChI is InChI=1S/C19H28N2O4/c1-10(2)18-17(12(4)21-25-18)19(23)24-9-16(22)20-11(3)15-8-13-5-6-14(15)7-13/h10-11,13-15H,5-9H2,1-4H3,(H,20,22)/t11-,13+,14+,15-/m1/s1. The first-order valence-electron chi connectivity index (χ1n) is 9.29. The van der Waals surface area contributed by atoms with E-state index >= 15 is 0 Å². The first-order valence-corrected chi connectivity index (χ1v) is 9.29. The molecule has 2 fully saturated rings. The van der Waals surface area contributed by atoms with Gasteiger partial charge in [0.2, 0.25) is 0 Å². The van der Waals surface area contributed by atoms with Gasteiger partial charge in [-0.1, -0.05) is 25.4 Å². The second kappa shape index (κ2) is 7.18. The molecule has 6 heteroatoms. The Labute approximate surface area is 148 Å². The first-order chi connectivity index (χ1) is 11.9. The van der Waals surface area contributed by atoms with Gasteiger partial charge in [-0.2, -0.15) is 0 Å². The SMILES string of the molecule is Cc1noc(C(C)C)c1C(=O)OCC(=O)N[C@H](C)[C@H]1C[C@H]2CC[C@H]1C2. The molecule has 0 saturated heterocycles. The Morgan fingerprint density at radius 1 is 1.28 bits per heavy atom. The number of ether oxygens (including phenoxy) is 1. The predicted molar refractivity (Wildman–Crippen MR) is 92.2 cm³/mol. The van der Waals surface area contributed by atoms with Gasteiger partial charge >= 0.3 is 5.97 Å². The minimum absolute atomic E-state index is 0.0235. The van der Waals surface area contributed by atoms with Gasteiger partial charge in [0.05, 0.1) is 5.69 Å². The highest BCUT2D eigenvalue weighted by molar-refractivity contribution is 5.93. The fourth-order valence-electron chi connectivity index (χ4n) is 4.54. The van der Waals surface area contributed by atoms with E-state index in [0.717, 1.165) is 11.8 Å². The summed E-state index contributed by atoms with van der Waals surface area (Å²) in [7, 11) is 0. The molecule has 0 unspecified atom stereocenters. The van der Waals surface area contributed by atoms with Crippen LogP contribution in [-0.2, 0) is 9.53 Å². The number of nitrogens with one attached hydrogen (secondary N) is 1. The number of nitrogens with zero attached hydrogens (tertiary/aromatic N) is 1. The number of aryl methyl sites for hydroxylation is 1. The Morgan fingerprint density at radius 3 is 2.64 bits per heavy atom. The minimum atomic E-state index is -0.551. The summed E-state index contributed by atoms with van der Waals surface area (Å²) in [5.41, 5.74) is 0.827. The van der Waals surface area contributed by atoms with Crippen LogP contribution in [0.4, 0.5) is 0 Å². The molecular weight excluding hydrogens is 320 g/mol. The molecule has 1 aromatic heterocycles. The molecule has 1 aromatic rings. The Kier molecular flexibility index (Phi) is 5.16. The van der Waals surface area contributed by atoms with E-state index in [1.807, 2.05) is 13.8 Å². The highest BCUT2D eigenvalue weighted by Crippen LogP contribution is 2.49. The van der Waals surface area contributed by atoms with Crippen molar-refractivity contribution in [3.63, 3.8) is 0 Å². The Hall–Kier alpha value is -1.85. The number of amides is 1. The summed E-state index contributed by atoms with van der Waals surface area (Å²) < 4.78 is 10.4. The van der Waals surface area contributed by atoms with Crippen LogP contribution >= 0.6 is 0 Å². The first kappa shape index (κ1) is 18.0. The highest BCUT2D eigenvalue weighted by Gasteiger charge is 2.42. The molecule has 2 aliphatic carbocycles. The smallest absolute Gasteiger partial charge is 0.344 e. The quantitative estimate of drug-likeness (QED) is 0.798. The Bertz CT molecular complexity index is 652. The maximum absolute atomic E-state index is 12.3. The van der Waals surface area contributed by atoms with E-state index in [0.29, 0.717) is 22.9 Å². The molecule has 1 N–H and O–H groups in total. The third-order valence-corrected chi connectivity index (χ3v) is 5.78. The molecule has 3 rings (SSSR count). The fourth-order valence-corrected chi connectivity index (χ4v) is 4.54. The number of aromatic nitrogens is 1. The van der Waals surface area contributed by atoms with Gasteiger partial charge in [-0.05, 0) is 50.9 Å². The summed E-state index contributed by atoms with van der Waals surface area (Å²) in [5.74, 6) is 1.88. The molecule has 1 amide bonds. The Balaban J connectivity index is 1.50. The zero-order valence-corrected chi connectivity index (χ0v) is 15.5. The topological polar surface area (TPSA) is 81.4 Å². The number of carbonyl (C=O) groups excluding carboxylic acids is 2. The molecule has 0 aliphatic heterocycles. The summed E-state index contributed by atoms with van der Waals surface area (Å²) >= 11 is 0. The van der Waals surface area contributed by atoms with Crippen LogP contribution in [0.15, 0.2) is 4.52 Å². The van der Waals surface area contributed by atoms with E-state index in [-0.39, 0.29) is 24.5 Å². The fraction of sp³-hybridized carbons (Fsp3) is 0.737. The van der Waals surface area contributed by atoms with Gasteiger partial charge in [-0.3, -0.25) is 4.79 Å². The summed E-state index contributed by atoms with van der Waals surface area (Å²) in [4.78, 5) is 24.5. The van der Waals surface area contributed by atoms with E-state index in [1.54, 1.807) is 6.92 Å². The van der Waals surface area contributed by atoms with Crippen LogP contribution in [0, 0.1) is 24.7 Å². The van der Waals surface area contributed by atoms with Crippen molar-refractivity contribution in [2.75, 3.05) is 6.61 Å². The van der Waals surface area contributed by atoms with Crippen molar-refractivity contribution >= 4 is 11.9 Å². The average Bonchev–Trinajstić information content (AvgIpc) is 3.27. The highest BCUT2D eigenvalue weighted by atomic mass is 16.5. The maximum atomic E-state index is 12.3. The minimum Gasteiger partial charge on any atom is -0.452 e. The third kappa shape index (κ3) is 3.72. The van der Waals surface area contributed by atoms with E-state index in [9.17, 15) is 9.59 Å². The molecule has 0 radical (unpaired) electrons. The lowest BCUT2D eigenvalue weighted by atomic mass is 9.84. The van der Waals surface area contributed by atoms with Crippen molar-refractivity contribution < 1.29 is 18.8 Å². The number of hydrogen-bond donors (Lipinski definition) is 1. The lowest BCUT2D eigenvalue weighted by molar-refractivity contribution is -0.125. The number of fused-ring (bicyclic) bond motifs is 2. The molecule has 0 spiro atoms. The molecule has 1 heterocycles. The van der Waals surface area contributed by atoms with Crippen LogP contribution in [0.3, 0.4) is 0 Å². The molecule has 0 aromatic carbocycles. The van der Waals surface area contributed by atoms with E-state index < -0.39 is 5.97 Å². The maximum Gasteiger partial charge on any atom is 0.344 e. The molecule has 6 nitrogen and oxygen atoms in total. The largest absolute Gasteiger partial charge is 0.452 e. The molecule has 2 saturated carbocycles. The van der Waals surface area contributed by atoms with Gasteiger partial charge in [0.25, 0.3) is 5.91 Å². The molecular formula is C19H28N2O4. The summed E-state index contributed by atoms with van der Waals surface area (Å²) in [5, 5.41) is 6.84. The van der Waals surface area contributed by atoms with E-state index in [2.05, 4.69) is 17.4 Å². The molecule has 25 heavy (non-hydrogen) atoms. The second-order valence-electron chi connectivity index (χ2n) is 7.93. The molecule has 138 valence electrons. The summed E-state index contributed by atoms with van der Waals surface area (Å²) in [6, 6.07) is 0.130. The van der Waals surface area contributed by atoms with Crippen molar-refractivity contribution in [1.29, 1.82) is 0 Å². The predicted octanol–water partition coefficient (Wildman–Crippen LogP) is 3.20. The van der Waals surface area contributed by atoms with Crippen molar-refractivity contribution in [1.82, 2.24) is 10.5 Å². The van der Waals surface area contributed by atoms with Crippen LogP contribution in [-0.4, -0.2) is 29.7 Å². The monoisotopic (exact) mass is 348 g/mol. The van der Waals surface area contributed by atoms with Gasteiger partial charge in [0.15, 0.2) is 12.4 Å². The number of esters is 1. The van der Waals surface area contributed by atoms with Gasteiger partial charge in [-0.25, -0.2) is 4.79 Å². The van der Waals surface area contributed by atoms with Gasteiger partial charge < -0.3 is 14.6 Å². The van der Waals surface area contributed by atoms with Gasteiger partial charge in [0.1, 0.15) is 5.56 Å². The van der Waals surface area contributed by atoms with Crippen LogP contribution < -0.4 is 5.32 Å². The summed E-state index contributed by atoms with van der Waals surface area (Å²) in [6.45, 7) is 7.32. The van der Waals surface area contributed by atoms with Crippen LogP contribution in [0.1, 0.15) is 74.2 Å². The second-order valence-corrected chi connectivity index (χ2v) is 7.93. The van der Waals surface area contributed by atoms with E-state index in [4.69, 9.17) is 9.26 Å². The van der Waals surface area contributed by atoms with Gasteiger partial charge in [-0.15, -0.1) is 0 Å². The zero-order valence-electron chi connectivity index (χ0n) is 15.5. The zero-order chi connectivity index (χ0) is 18.1. The lowest BCUT2D eigenvalue weighted by Crippen LogP contribution is -2.42. The van der Waals surface area contributed by atoms with Crippen LogP contribution in [0.2, 0.25) is 0 Å². The van der Waals surface area contributed by atoms with Crippen LogP contribution in [0.25, 0.3) is 0 Å². The number of carbonyl (C=O) groups is 2. The van der Waals surface area contributed by atoms with Crippen LogP contribution in [0.5, 0.6) is 0 Å². The van der Waals surface area contributed by atoms with Crippen molar-refractivity contribution in [3.05, 3.63) is 17.0 Å². The average molecular weight is 348 g/mol. The van der Waals surface area contributed by atoms with Crippen molar-refractivity contribution in [2.45, 2.75) is 65.3 Å². The van der Waals surface area contributed by atoms with Crippen molar-refractivity contribution in [2.24, 2.45) is 17.8 Å².